The van der Waals surface area contributed by atoms with E-state index in [1.807, 2.05) is 6.07 Å². The van der Waals surface area contributed by atoms with Gasteiger partial charge in [-0.1, -0.05) is 0 Å². The number of hydrogen-bond donors (Lipinski definition) is 1. The summed E-state index contributed by atoms with van der Waals surface area (Å²) in [5, 5.41) is 11.6. The van der Waals surface area contributed by atoms with Gasteiger partial charge in [-0.15, -0.1) is 0 Å². The molecular formula is C13H16N4O4. The molecule has 21 heavy (non-hydrogen) atoms. The third-order valence-electron chi connectivity index (χ3n) is 3.33. The number of allylic oxidation sites excluding steroid dienone is 1. The number of Topliss-reactive ketones (excluding diaryl/α,β-unsaturated/α-hetero) is 1. The Morgan fingerprint density at radius 3 is 2.57 bits per heavy atom. The van der Waals surface area contributed by atoms with Crippen LogP contribution in [0.25, 0.3) is 0 Å². The van der Waals surface area contributed by atoms with Crippen LogP contribution < -0.4 is 5.32 Å². The first-order valence-corrected chi connectivity index (χ1v) is 6.71. The molecule has 8 heteroatoms. The second kappa shape index (κ2) is 6.26. The predicted octanol–water partition coefficient (Wildman–Crippen LogP) is -0.415. The lowest BCUT2D eigenvalue weighted by molar-refractivity contribution is -0.127. The van der Waals surface area contributed by atoms with Gasteiger partial charge in [0.1, 0.15) is 17.5 Å². The Morgan fingerprint density at radius 2 is 2.00 bits per heavy atom. The zero-order chi connectivity index (χ0) is 15.4. The van der Waals surface area contributed by atoms with Crippen LogP contribution in [-0.2, 0) is 14.3 Å². The van der Waals surface area contributed by atoms with E-state index in [0.29, 0.717) is 32.8 Å². The Morgan fingerprint density at radius 1 is 1.33 bits per heavy atom. The normalized spacial score (nSPS) is 19.2. The summed E-state index contributed by atoms with van der Waals surface area (Å²) in [6, 6.07) is 1.84. The van der Waals surface area contributed by atoms with Gasteiger partial charge in [-0.25, -0.2) is 4.79 Å². The van der Waals surface area contributed by atoms with E-state index in [9.17, 15) is 14.4 Å². The van der Waals surface area contributed by atoms with Gasteiger partial charge in [0, 0.05) is 26.2 Å². The molecule has 0 saturated carbocycles. The number of rotatable bonds is 2. The molecule has 1 saturated heterocycles. The van der Waals surface area contributed by atoms with E-state index >= 15 is 0 Å². The van der Waals surface area contributed by atoms with E-state index in [1.165, 1.54) is 0 Å². The van der Waals surface area contributed by atoms with Crippen molar-refractivity contribution in [1.29, 1.82) is 5.26 Å². The second-order valence-electron chi connectivity index (χ2n) is 4.66. The van der Waals surface area contributed by atoms with Crippen molar-refractivity contribution in [2.24, 2.45) is 0 Å². The van der Waals surface area contributed by atoms with Crippen LogP contribution in [0.4, 0.5) is 4.79 Å². The Labute approximate surface area is 121 Å². The predicted molar refractivity (Wildman–Crippen MR) is 70.6 cm³/mol. The minimum absolute atomic E-state index is 0.0285. The van der Waals surface area contributed by atoms with Gasteiger partial charge < -0.3 is 19.9 Å². The van der Waals surface area contributed by atoms with Crippen LogP contribution in [0.3, 0.4) is 0 Å². The van der Waals surface area contributed by atoms with Crippen molar-refractivity contribution < 1.29 is 19.1 Å². The maximum absolute atomic E-state index is 11.7. The van der Waals surface area contributed by atoms with Crippen molar-refractivity contribution in [1.82, 2.24) is 15.1 Å². The molecule has 0 atom stereocenters. The van der Waals surface area contributed by atoms with Crippen molar-refractivity contribution >= 4 is 17.8 Å². The molecule has 8 nitrogen and oxygen atoms in total. The molecular weight excluding hydrogens is 276 g/mol. The van der Waals surface area contributed by atoms with Crippen LogP contribution in [-0.4, -0.2) is 60.4 Å². The van der Waals surface area contributed by atoms with Crippen molar-refractivity contribution in [2.45, 2.75) is 13.3 Å². The lowest BCUT2D eigenvalue weighted by Gasteiger charge is -2.37. The standard InChI is InChI=1S/C13H16N4O4/c1-2-21-13(20)17-5-3-16(4-6-17)12-9(8-14)10(18)7-11(19)15-12/h2-7H2,1H3,(H,15,19). The first-order chi connectivity index (χ1) is 10.1. The fourth-order valence-electron chi connectivity index (χ4n) is 2.28. The molecule has 0 unspecified atom stereocenters. The summed E-state index contributed by atoms with van der Waals surface area (Å²) in [5.74, 6) is -0.631. The molecule has 0 aromatic heterocycles. The molecule has 112 valence electrons. The largest absolute Gasteiger partial charge is 0.450 e. The number of ketones is 1. The molecule has 2 aliphatic heterocycles. The van der Waals surface area contributed by atoms with Gasteiger partial charge in [-0.2, -0.15) is 5.26 Å². The van der Waals surface area contributed by atoms with E-state index < -0.39 is 11.7 Å². The van der Waals surface area contributed by atoms with Gasteiger partial charge in [0.25, 0.3) is 0 Å². The van der Waals surface area contributed by atoms with Gasteiger partial charge in [0.15, 0.2) is 5.78 Å². The molecule has 2 rings (SSSR count). The number of amides is 2. The fourth-order valence-corrected chi connectivity index (χ4v) is 2.28. The van der Waals surface area contributed by atoms with E-state index in [2.05, 4.69) is 5.32 Å². The summed E-state index contributed by atoms with van der Waals surface area (Å²) in [6.45, 7) is 3.71. The summed E-state index contributed by atoms with van der Waals surface area (Å²) < 4.78 is 4.92. The summed E-state index contributed by atoms with van der Waals surface area (Å²) >= 11 is 0. The highest BCUT2D eigenvalue weighted by atomic mass is 16.6. The maximum Gasteiger partial charge on any atom is 0.409 e. The molecule has 2 heterocycles. The second-order valence-corrected chi connectivity index (χ2v) is 4.66. The maximum atomic E-state index is 11.7. The van der Waals surface area contributed by atoms with Crippen LogP contribution >= 0.6 is 0 Å². The lowest BCUT2D eigenvalue weighted by Crippen LogP contribution is -2.52. The molecule has 0 bridgehead atoms. The molecule has 2 aliphatic rings. The average Bonchev–Trinajstić information content (AvgIpc) is 2.47. The highest BCUT2D eigenvalue weighted by Crippen LogP contribution is 2.17. The number of piperazine rings is 1. The van der Waals surface area contributed by atoms with Crippen molar-refractivity contribution in [2.75, 3.05) is 32.8 Å². The molecule has 0 aromatic carbocycles. The number of nitrogens with zero attached hydrogens (tertiary/aromatic N) is 3. The summed E-state index contributed by atoms with van der Waals surface area (Å²) in [7, 11) is 0. The zero-order valence-corrected chi connectivity index (χ0v) is 11.7. The number of nitrogens with one attached hydrogen (secondary N) is 1. The highest BCUT2D eigenvalue weighted by Gasteiger charge is 2.31. The van der Waals surface area contributed by atoms with Crippen LogP contribution in [0.15, 0.2) is 11.4 Å². The number of ether oxygens (including phenoxy) is 1. The number of carbonyl (C=O) groups is 3. The quantitative estimate of drug-likeness (QED) is 0.694. The molecule has 0 radical (unpaired) electrons. The molecule has 0 aliphatic carbocycles. The molecule has 0 spiro atoms. The van der Waals surface area contributed by atoms with Crippen LogP contribution in [0.2, 0.25) is 0 Å². The van der Waals surface area contributed by atoms with E-state index in [1.54, 1.807) is 16.7 Å². The fraction of sp³-hybridized carbons (Fsp3) is 0.538. The van der Waals surface area contributed by atoms with E-state index in [0.717, 1.165) is 0 Å². The van der Waals surface area contributed by atoms with Gasteiger partial charge in [-0.05, 0) is 6.92 Å². The Kier molecular flexibility index (Phi) is 4.42. The number of hydrogen-bond acceptors (Lipinski definition) is 6. The lowest BCUT2D eigenvalue weighted by atomic mass is 10.1. The third-order valence-corrected chi connectivity index (χ3v) is 3.33. The summed E-state index contributed by atoms with van der Waals surface area (Å²) in [6.07, 6.45) is -0.676. The first kappa shape index (κ1) is 14.8. The molecule has 2 amide bonds. The highest BCUT2D eigenvalue weighted by molar-refractivity contribution is 6.12. The van der Waals surface area contributed by atoms with E-state index in [-0.39, 0.29) is 23.9 Å². The van der Waals surface area contributed by atoms with Gasteiger partial charge in [0.2, 0.25) is 5.91 Å². The third kappa shape index (κ3) is 3.13. The van der Waals surface area contributed by atoms with Crippen LogP contribution in [0.1, 0.15) is 13.3 Å². The minimum Gasteiger partial charge on any atom is -0.450 e. The van der Waals surface area contributed by atoms with Gasteiger partial charge in [-0.3, -0.25) is 9.59 Å². The summed E-state index contributed by atoms with van der Waals surface area (Å²) in [4.78, 5) is 38.0. The smallest absolute Gasteiger partial charge is 0.409 e. The molecule has 0 aromatic rings. The summed E-state index contributed by atoms with van der Waals surface area (Å²) in [5.41, 5.74) is -0.0285. The molecule has 1 fully saturated rings. The van der Waals surface area contributed by atoms with Gasteiger partial charge in [0.05, 0.1) is 13.0 Å². The van der Waals surface area contributed by atoms with Crippen molar-refractivity contribution in [3.05, 3.63) is 11.4 Å². The number of nitriles is 1. The van der Waals surface area contributed by atoms with Crippen LogP contribution in [0, 0.1) is 11.3 Å². The number of carbonyl (C=O) groups excluding carboxylic acids is 3. The average molecular weight is 292 g/mol. The Hall–Kier alpha value is -2.56. The Bertz CT molecular complexity index is 541. The SMILES string of the molecule is CCOC(=O)N1CCN(C2=C(C#N)C(=O)CC(=O)N2)CC1. The Balaban J connectivity index is 2.07. The first-order valence-electron chi connectivity index (χ1n) is 6.71. The van der Waals surface area contributed by atoms with Crippen LogP contribution in [0.5, 0.6) is 0 Å². The topological polar surface area (TPSA) is 103 Å². The van der Waals surface area contributed by atoms with Gasteiger partial charge >= 0.3 is 6.09 Å². The zero-order valence-electron chi connectivity index (χ0n) is 11.7. The minimum atomic E-state index is -0.468. The van der Waals surface area contributed by atoms with Crippen molar-refractivity contribution in [3.63, 3.8) is 0 Å². The van der Waals surface area contributed by atoms with E-state index in [4.69, 9.17) is 10.00 Å². The van der Waals surface area contributed by atoms with Crippen molar-refractivity contribution in [3.8, 4) is 6.07 Å². The monoisotopic (exact) mass is 292 g/mol. The molecule has 1 N–H and O–H groups in total.